The lowest BCUT2D eigenvalue weighted by Gasteiger charge is -2.28. The SMILES string of the molecule is Cc1ccc(C(=O)N(CCCOC(C)C)CCS(=O)(=O)N2CCNCC2)cc1. The van der Waals surface area contributed by atoms with Crippen LogP contribution in [-0.4, -0.2) is 81.3 Å². The van der Waals surface area contributed by atoms with E-state index in [1.165, 1.54) is 4.31 Å². The molecule has 1 N–H and O–H groups in total. The maximum atomic E-state index is 12.9. The summed E-state index contributed by atoms with van der Waals surface area (Å²) in [5.74, 6) is -0.199. The number of hydrogen-bond acceptors (Lipinski definition) is 5. The molecule has 1 amide bonds. The molecule has 1 aliphatic rings. The molecule has 1 aromatic rings. The lowest BCUT2D eigenvalue weighted by Crippen LogP contribution is -2.48. The predicted octanol–water partition coefficient (Wildman–Crippen LogP) is 1.49. The molecule has 1 aromatic carbocycles. The van der Waals surface area contributed by atoms with Crippen molar-refractivity contribution in [3.63, 3.8) is 0 Å². The summed E-state index contributed by atoms with van der Waals surface area (Å²) in [6, 6.07) is 7.37. The second-order valence-corrected chi connectivity index (χ2v) is 9.48. The van der Waals surface area contributed by atoms with Crippen molar-refractivity contribution in [3.8, 4) is 0 Å². The molecule has 0 unspecified atom stereocenters. The topological polar surface area (TPSA) is 79.0 Å². The summed E-state index contributed by atoms with van der Waals surface area (Å²) in [4.78, 5) is 14.6. The summed E-state index contributed by atoms with van der Waals surface area (Å²) in [7, 11) is -3.38. The van der Waals surface area contributed by atoms with Gasteiger partial charge in [0, 0.05) is 51.4 Å². The molecule has 2 rings (SSSR count). The number of rotatable bonds is 10. The van der Waals surface area contributed by atoms with Crippen LogP contribution in [0.2, 0.25) is 0 Å². The summed E-state index contributed by atoms with van der Waals surface area (Å²) in [5.41, 5.74) is 1.66. The molecule has 1 fully saturated rings. The number of sulfonamides is 1. The number of piperazine rings is 1. The van der Waals surface area contributed by atoms with Gasteiger partial charge in [-0.1, -0.05) is 17.7 Å². The normalized spacial score (nSPS) is 15.7. The largest absolute Gasteiger partial charge is 0.379 e. The van der Waals surface area contributed by atoms with Crippen LogP contribution in [0.5, 0.6) is 0 Å². The summed E-state index contributed by atoms with van der Waals surface area (Å²) in [6.45, 7) is 9.39. The fourth-order valence-corrected chi connectivity index (χ4v) is 4.49. The number of nitrogens with one attached hydrogen (secondary N) is 1. The summed E-state index contributed by atoms with van der Waals surface area (Å²) < 4.78 is 32.4. The highest BCUT2D eigenvalue weighted by Crippen LogP contribution is 2.10. The molecule has 28 heavy (non-hydrogen) atoms. The maximum absolute atomic E-state index is 12.9. The van der Waals surface area contributed by atoms with Gasteiger partial charge in [-0.15, -0.1) is 0 Å². The Morgan fingerprint density at radius 3 is 2.43 bits per heavy atom. The van der Waals surface area contributed by atoms with Crippen LogP contribution in [0.1, 0.15) is 36.2 Å². The lowest BCUT2D eigenvalue weighted by molar-refractivity contribution is 0.0625. The van der Waals surface area contributed by atoms with Crippen LogP contribution >= 0.6 is 0 Å². The minimum absolute atomic E-state index is 0.0599. The zero-order valence-corrected chi connectivity index (χ0v) is 18.0. The van der Waals surface area contributed by atoms with Gasteiger partial charge in [-0.25, -0.2) is 8.42 Å². The van der Waals surface area contributed by atoms with Gasteiger partial charge in [0.05, 0.1) is 11.9 Å². The molecule has 1 heterocycles. The van der Waals surface area contributed by atoms with Crippen molar-refractivity contribution < 1.29 is 17.9 Å². The van der Waals surface area contributed by atoms with Gasteiger partial charge < -0.3 is 15.0 Å². The van der Waals surface area contributed by atoms with Crippen molar-refractivity contribution >= 4 is 15.9 Å². The van der Waals surface area contributed by atoms with E-state index in [4.69, 9.17) is 4.74 Å². The first-order valence-corrected chi connectivity index (χ1v) is 11.6. The maximum Gasteiger partial charge on any atom is 0.253 e. The molecule has 0 bridgehead atoms. The quantitative estimate of drug-likeness (QED) is 0.590. The van der Waals surface area contributed by atoms with Gasteiger partial charge in [-0.05, 0) is 39.3 Å². The minimum Gasteiger partial charge on any atom is -0.379 e. The first-order chi connectivity index (χ1) is 13.3. The molecule has 0 atom stereocenters. The Hall–Kier alpha value is -1.48. The Morgan fingerprint density at radius 1 is 1.18 bits per heavy atom. The van der Waals surface area contributed by atoms with Gasteiger partial charge in [-0.3, -0.25) is 4.79 Å². The molecule has 7 nitrogen and oxygen atoms in total. The van der Waals surface area contributed by atoms with Crippen LogP contribution in [0, 0.1) is 6.92 Å². The van der Waals surface area contributed by atoms with Gasteiger partial charge in [0.1, 0.15) is 0 Å². The predicted molar refractivity (Wildman–Crippen MR) is 111 cm³/mol. The zero-order chi connectivity index (χ0) is 20.6. The second-order valence-electron chi connectivity index (χ2n) is 7.40. The Balaban J connectivity index is 2.02. The molecule has 1 saturated heterocycles. The van der Waals surface area contributed by atoms with Gasteiger partial charge in [0.25, 0.3) is 5.91 Å². The summed E-state index contributed by atoms with van der Waals surface area (Å²) >= 11 is 0. The van der Waals surface area contributed by atoms with Gasteiger partial charge in [0.2, 0.25) is 10.0 Å². The van der Waals surface area contributed by atoms with Crippen molar-refractivity contribution in [2.75, 3.05) is 51.6 Å². The van der Waals surface area contributed by atoms with E-state index in [1.54, 1.807) is 17.0 Å². The van der Waals surface area contributed by atoms with E-state index in [-0.39, 0.29) is 24.3 Å². The Kier molecular flexibility index (Phi) is 8.88. The second kappa shape index (κ2) is 10.9. The van der Waals surface area contributed by atoms with E-state index < -0.39 is 10.0 Å². The van der Waals surface area contributed by atoms with Crippen molar-refractivity contribution in [2.24, 2.45) is 0 Å². The lowest BCUT2D eigenvalue weighted by atomic mass is 10.1. The first kappa shape index (κ1) is 22.8. The van der Waals surface area contributed by atoms with Gasteiger partial charge in [0.15, 0.2) is 0 Å². The zero-order valence-electron chi connectivity index (χ0n) is 17.2. The number of carbonyl (C=O) groups is 1. The third-order valence-corrected chi connectivity index (χ3v) is 6.55. The molecule has 0 aromatic heterocycles. The highest BCUT2D eigenvalue weighted by atomic mass is 32.2. The Bertz CT molecular complexity index is 713. The average Bonchev–Trinajstić information content (AvgIpc) is 2.68. The minimum atomic E-state index is -3.38. The Labute approximate surface area is 169 Å². The van der Waals surface area contributed by atoms with E-state index in [9.17, 15) is 13.2 Å². The third kappa shape index (κ3) is 7.16. The number of amides is 1. The number of benzene rings is 1. The number of nitrogens with zero attached hydrogens (tertiary/aromatic N) is 2. The van der Waals surface area contributed by atoms with Crippen molar-refractivity contribution in [1.82, 2.24) is 14.5 Å². The molecule has 0 saturated carbocycles. The molecule has 8 heteroatoms. The van der Waals surface area contributed by atoms with Gasteiger partial charge >= 0.3 is 0 Å². The van der Waals surface area contributed by atoms with Gasteiger partial charge in [-0.2, -0.15) is 4.31 Å². The molecule has 158 valence electrons. The first-order valence-electron chi connectivity index (χ1n) is 9.95. The van der Waals surface area contributed by atoms with Crippen molar-refractivity contribution in [1.29, 1.82) is 0 Å². The van der Waals surface area contributed by atoms with E-state index in [0.29, 0.717) is 51.3 Å². The molecule has 0 aliphatic carbocycles. The van der Waals surface area contributed by atoms with Crippen LogP contribution in [0.25, 0.3) is 0 Å². The standard InChI is InChI=1S/C20H33N3O4S/c1-17(2)27-15-4-11-22(20(24)19-7-5-18(3)6-8-19)14-16-28(25,26)23-12-9-21-10-13-23/h5-8,17,21H,4,9-16H2,1-3H3. The monoisotopic (exact) mass is 411 g/mol. The molecule has 0 radical (unpaired) electrons. The summed E-state index contributed by atoms with van der Waals surface area (Å²) in [6.07, 6.45) is 0.804. The van der Waals surface area contributed by atoms with E-state index >= 15 is 0 Å². The van der Waals surface area contributed by atoms with Crippen LogP contribution in [0.15, 0.2) is 24.3 Å². The summed E-state index contributed by atoms with van der Waals surface area (Å²) in [5, 5.41) is 3.15. The smallest absolute Gasteiger partial charge is 0.253 e. The van der Waals surface area contributed by atoms with E-state index in [1.807, 2.05) is 32.9 Å². The Morgan fingerprint density at radius 2 is 1.82 bits per heavy atom. The fourth-order valence-electron chi connectivity index (χ4n) is 3.05. The number of hydrogen-bond donors (Lipinski definition) is 1. The highest BCUT2D eigenvalue weighted by molar-refractivity contribution is 7.89. The number of carbonyl (C=O) groups excluding carboxylic acids is 1. The number of ether oxygens (including phenoxy) is 1. The van der Waals surface area contributed by atoms with Crippen LogP contribution in [-0.2, 0) is 14.8 Å². The molecular weight excluding hydrogens is 378 g/mol. The van der Waals surface area contributed by atoms with Crippen molar-refractivity contribution in [2.45, 2.75) is 33.3 Å². The molecule has 0 spiro atoms. The van der Waals surface area contributed by atoms with Crippen molar-refractivity contribution in [3.05, 3.63) is 35.4 Å². The van der Waals surface area contributed by atoms with E-state index in [2.05, 4.69) is 5.32 Å². The average molecular weight is 412 g/mol. The van der Waals surface area contributed by atoms with Crippen LogP contribution < -0.4 is 5.32 Å². The van der Waals surface area contributed by atoms with Crippen LogP contribution in [0.4, 0.5) is 0 Å². The number of aryl methyl sites for hydroxylation is 1. The van der Waals surface area contributed by atoms with E-state index in [0.717, 1.165) is 5.56 Å². The fraction of sp³-hybridized carbons (Fsp3) is 0.650. The molecular formula is C20H33N3O4S. The third-order valence-electron chi connectivity index (χ3n) is 4.70. The highest BCUT2D eigenvalue weighted by Gasteiger charge is 2.25. The molecule has 1 aliphatic heterocycles. The van der Waals surface area contributed by atoms with Crippen LogP contribution in [0.3, 0.4) is 0 Å².